The van der Waals surface area contributed by atoms with E-state index in [1.807, 2.05) is 59.5 Å². The fourth-order valence-electron chi connectivity index (χ4n) is 3.24. The van der Waals surface area contributed by atoms with Crippen LogP contribution < -0.4 is 5.32 Å². The fourth-order valence-corrected chi connectivity index (χ4v) is 4.13. The second-order valence-corrected chi connectivity index (χ2v) is 8.08. The number of likely N-dealkylation sites (tertiary alicyclic amines) is 1. The Kier molecular flexibility index (Phi) is 6.93. The minimum atomic E-state index is -0.116. The Morgan fingerprint density at radius 3 is 2.56 bits per heavy atom. The Morgan fingerprint density at radius 1 is 1.11 bits per heavy atom. The quantitative estimate of drug-likeness (QED) is 0.804. The van der Waals surface area contributed by atoms with Crippen molar-refractivity contribution in [2.45, 2.75) is 25.5 Å². The van der Waals surface area contributed by atoms with Gasteiger partial charge in [-0.3, -0.25) is 9.59 Å². The molecule has 0 unspecified atom stereocenters. The van der Waals surface area contributed by atoms with Gasteiger partial charge < -0.3 is 10.2 Å². The van der Waals surface area contributed by atoms with Crippen LogP contribution in [0.25, 0.3) is 0 Å². The average Bonchev–Trinajstić information content (AvgIpc) is 2.69. The maximum absolute atomic E-state index is 12.3. The Labute approximate surface area is 165 Å². The highest BCUT2D eigenvalue weighted by Crippen LogP contribution is 2.19. The number of thioether (sulfide) groups is 1. The van der Waals surface area contributed by atoms with Gasteiger partial charge in [0, 0.05) is 30.1 Å². The summed E-state index contributed by atoms with van der Waals surface area (Å²) in [6.07, 6.45) is 2.34. The van der Waals surface area contributed by atoms with Crippen molar-refractivity contribution in [2.24, 2.45) is 5.92 Å². The van der Waals surface area contributed by atoms with Gasteiger partial charge in [-0.25, -0.2) is 0 Å². The number of piperidine rings is 1. The molecule has 1 aliphatic rings. The molecule has 142 valence electrons. The van der Waals surface area contributed by atoms with Gasteiger partial charge in [0.25, 0.3) is 5.91 Å². The van der Waals surface area contributed by atoms with Crippen LogP contribution in [0.4, 0.5) is 5.69 Å². The summed E-state index contributed by atoms with van der Waals surface area (Å²) in [5.41, 5.74) is 2.54. The van der Waals surface area contributed by atoms with Crippen LogP contribution in [0.5, 0.6) is 0 Å². The van der Waals surface area contributed by atoms with Crippen molar-refractivity contribution in [3.8, 4) is 0 Å². The summed E-state index contributed by atoms with van der Waals surface area (Å²) < 4.78 is 0. The summed E-state index contributed by atoms with van der Waals surface area (Å²) in [4.78, 5) is 26.6. The van der Waals surface area contributed by atoms with E-state index in [4.69, 9.17) is 0 Å². The van der Waals surface area contributed by atoms with Crippen molar-refractivity contribution < 1.29 is 9.59 Å². The summed E-state index contributed by atoms with van der Waals surface area (Å²) in [5, 5.41) is 2.88. The van der Waals surface area contributed by atoms with Gasteiger partial charge in [0.1, 0.15) is 0 Å². The van der Waals surface area contributed by atoms with E-state index in [0.717, 1.165) is 36.5 Å². The molecule has 27 heavy (non-hydrogen) atoms. The van der Waals surface area contributed by atoms with E-state index >= 15 is 0 Å². The van der Waals surface area contributed by atoms with Gasteiger partial charge in [-0.1, -0.05) is 37.3 Å². The maximum atomic E-state index is 12.3. The number of rotatable bonds is 6. The van der Waals surface area contributed by atoms with E-state index in [9.17, 15) is 9.59 Å². The number of para-hydroxylation sites is 1. The van der Waals surface area contributed by atoms with E-state index in [1.165, 1.54) is 6.42 Å². The normalized spacial score (nSPS) is 16.8. The van der Waals surface area contributed by atoms with Gasteiger partial charge in [-0.2, -0.15) is 0 Å². The van der Waals surface area contributed by atoms with E-state index in [2.05, 4.69) is 12.2 Å². The largest absolute Gasteiger partial charge is 0.342 e. The smallest absolute Gasteiger partial charge is 0.255 e. The van der Waals surface area contributed by atoms with Gasteiger partial charge >= 0.3 is 0 Å². The number of amides is 2. The predicted octanol–water partition coefficient (Wildman–Crippen LogP) is 4.43. The summed E-state index contributed by atoms with van der Waals surface area (Å²) in [6, 6.07) is 17.0. The molecule has 0 spiro atoms. The van der Waals surface area contributed by atoms with Crippen molar-refractivity contribution in [2.75, 3.05) is 24.2 Å². The summed E-state index contributed by atoms with van der Waals surface area (Å²) in [7, 11) is 0. The number of carbonyl (C=O) groups is 2. The lowest BCUT2D eigenvalue weighted by Gasteiger charge is -2.30. The topological polar surface area (TPSA) is 49.4 Å². The molecule has 5 heteroatoms. The highest BCUT2D eigenvalue weighted by atomic mass is 32.2. The Bertz CT molecular complexity index is 762. The minimum Gasteiger partial charge on any atom is -0.342 e. The molecule has 4 nitrogen and oxygen atoms in total. The van der Waals surface area contributed by atoms with Crippen LogP contribution in [0.15, 0.2) is 54.6 Å². The van der Waals surface area contributed by atoms with Crippen molar-refractivity contribution in [1.82, 2.24) is 4.90 Å². The van der Waals surface area contributed by atoms with Gasteiger partial charge in [-0.15, -0.1) is 11.8 Å². The van der Waals surface area contributed by atoms with E-state index in [-0.39, 0.29) is 11.8 Å². The highest BCUT2D eigenvalue weighted by molar-refractivity contribution is 7.99. The summed E-state index contributed by atoms with van der Waals surface area (Å²) >= 11 is 1.63. The number of nitrogens with zero attached hydrogens (tertiary/aromatic N) is 1. The van der Waals surface area contributed by atoms with Crippen LogP contribution in [-0.2, 0) is 10.5 Å². The third-order valence-electron chi connectivity index (χ3n) is 4.75. The molecule has 0 bridgehead atoms. The van der Waals surface area contributed by atoms with E-state index in [1.54, 1.807) is 11.8 Å². The van der Waals surface area contributed by atoms with Crippen LogP contribution in [0, 0.1) is 5.92 Å². The molecule has 2 aromatic carbocycles. The van der Waals surface area contributed by atoms with E-state index in [0.29, 0.717) is 17.2 Å². The predicted molar refractivity (Wildman–Crippen MR) is 112 cm³/mol. The lowest BCUT2D eigenvalue weighted by atomic mass is 10.0. The first-order valence-corrected chi connectivity index (χ1v) is 10.6. The zero-order valence-electron chi connectivity index (χ0n) is 15.7. The lowest BCUT2D eigenvalue weighted by molar-refractivity contribution is -0.130. The van der Waals surface area contributed by atoms with E-state index < -0.39 is 0 Å². The highest BCUT2D eigenvalue weighted by Gasteiger charge is 2.20. The lowest BCUT2D eigenvalue weighted by Crippen LogP contribution is -2.40. The first kappa shape index (κ1) is 19.5. The molecule has 0 saturated carbocycles. The molecule has 1 fully saturated rings. The Morgan fingerprint density at radius 2 is 1.85 bits per heavy atom. The summed E-state index contributed by atoms with van der Waals surface area (Å²) in [6.45, 7) is 4.00. The molecule has 2 aromatic rings. The maximum Gasteiger partial charge on any atom is 0.255 e. The average molecular weight is 383 g/mol. The van der Waals surface area contributed by atoms with Crippen molar-refractivity contribution in [1.29, 1.82) is 0 Å². The minimum absolute atomic E-state index is 0.116. The van der Waals surface area contributed by atoms with Gasteiger partial charge in [0.15, 0.2) is 0 Å². The van der Waals surface area contributed by atoms with Crippen LogP contribution >= 0.6 is 11.8 Å². The van der Waals surface area contributed by atoms with Gasteiger partial charge in [0.05, 0.1) is 5.75 Å². The molecule has 1 atom stereocenters. The number of nitrogens with one attached hydrogen (secondary N) is 1. The third kappa shape index (κ3) is 5.86. The Balaban J connectivity index is 1.45. The zero-order chi connectivity index (χ0) is 19.1. The number of hydrogen-bond donors (Lipinski definition) is 1. The number of hydrogen-bond acceptors (Lipinski definition) is 3. The molecular weight excluding hydrogens is 356 g/mol. The molecule has 0 aromatic heterocycles. The number of anilines is 1. The van der Waals surface area contributed by atoms with Gasteiger partial charge in [-0.05, 0) is 48.6 Å². The standard InChI is InChI=1S/C22H26N2O2S/c1-17-6-5-13-24(14-17)21(25)16-27-15-18-9-11-19(12-10-18)22(26)23-20-7-3-2-4-8-20/h2-4,7-12,17H,5-6,13-16H2,1H3,(H,23,26)/t17-/m0/s1. The van der Waals surface area contributed by atoms with Gasteiger partial charge in [0.2, 0.25) is 5.91 Å². The molecule has 0 aliphatic carbocycles. The summed E-state index contributed by atoms with van der Waals surface area (Å²) in [5.74, 6) is 2.03. The first-order chi connectivity index (χ1) is 13.1. The third-order valence-corrected chi connectivity index (χ3v) is 5.74. The molecule has 3 rings (SSSR count). The molecule has 1 saturated heterocycles. The van der Waals surface area contributed by atoms with Crippen LogP contribution in [-0.4, -0.2) is 35.6 Å². The molecule has 0 radical (unpaired) electrons. The number of carbonyl (C=O) groups excluding carboxylic acids is 2. The molecule has 2 amide bonds. The van der Waals surface area contributed by atoms with Crippen LogP contribution in [0.2, 0.25) is 0 Å². The van der Waals surface area contributed by atoms with Crippen molar-refractivity contribution in [3.05, 3.63) is 65.7 Å². The molecule has 1 N–H and O–H groups in total. The monoisotopic (exact) mass is 382 g/mol. The van der Waals surface area contributed by atoms with Crippen molar-refractivity contribution >= 4 is 29.3 Å². The number of benzene rings is 2. The fraction of sp³-hybridized carbons (Fsp3) is 0.364. The molecule has 1 aliphatic heterocycles. The second kappa shape index (κ2) is 9.60. The molecular formula is C22H26N2O2S. The molecule has 1 heterocycles. The van der Waals surface area contributed by atoms with Crippen LogP contribution in [0.1, 0.15) is 35.7 Å². The SMILES string of the molecule is C[C@H]1CCCN(C(=O)CSCc2ccc(C(=O)Nc3ccccc3)cc2)C1. The second-order valence-electron chi connectivity index (χ2n) is 7.10. The first-order valence-electron chi connectivity index (χ1n) is 9.42. The van der Waals surface area contributed by atoms with Crippen molar-refractivity contribution in [3.63, 3.8) is 0 Å². The zero-order valence-corrected chi connectivity index (χ0v) is 16.5. The Hall–Kier alpha value is -2.27. The van der Waals surface area contributed by atoms with Crippen LogP contribution in [0.3, 0.4) is 0 Å².